The normalized spacial score (nSPS) is 24.8. The fraction of sp³-hybridized carbons (Fsp3) is 0.652. The lowest BCUT2D eigenvalue weighted by atomic mass is 9.75. The Morgan fingerprint density at radius 3 is 2.35 bits per heavy atom. The first-order valence-corrected chi connectivity index (χ1v) is 12.6. The molecule has 1 aromatic carbocycles. The van der Waals surface area contributed by atoms with E-state index in [0.717, 1.165) is 32.1 Å². The molecule has 3 atom stereocenters. The van der Waals surface area contributed by atoms with Gasteiger partial charge in [0.15, 0.2) is 6.61 Å². The van der Waals surface area contributed by atoms with Crippen LogP contribution in [0.3, 0.4) is 0 Å². The van der Waals surface area contributed by atoms with Gasteiger partial charge in [-0.1, -0.05) is 27.2 Å². The second-order valence-electron chi connectivity index (χ2n) is 9.07. The van der Waals surface area contributed by atoms with Crippen molar-refractivity contribution in [2.45, 2.75) is 63.9 Å². The van der Waals surface area contributed by atoms with E-state index in [4.69, 9.17) is 9.47 Å². The predicted octanol–water partition coefficient (Wildman–Crippen LogP) is 3.63. The summed E-state index contributed by atoms with van der Waals surface area (Å²) in [7, 11) is -3.53. The van der Waals surface area contributed by atoms with Crippen LogP contribution in [0.1, 0.15) is 63.2 Å². The lowest BCUT2D eigenvalue weighted by Gasteiger charge is -2.36. The average molecular weight is 452 g/mol. The summed E-state index contributed by atoms with van der Waals surface area (Å²) in [6.07, 6.45) is 4.56. The first kappa shape index (κ1) is 23.7. The van der Waals surface area contributed by atoms with Gasteiger partial charge in [0, 0.05) is 13.1 Å². The average Bonchev–Trinajstić information content (AvgIpc) is 3.28. The van der Waals surface area contributed by atoms with Crippen LogP contribution in [-0.4, -0.2) is 50.5 Å². The van der Waals surface area contributed by atoms with Gasteiger partial charge in [-0.3, -0.25) is 0 Å². The van der Waals surface area contributed by atoms with E-state index in [1.165, 1.54) is 28.6 Å². The van der Waals surface area contributed by atoms with Crippen LogP contribution in [0, 0.1) is 17.8 Å². The van der Waals surface area contributed by atoms with Crippen LogP contribution in [-0.2, 0) is 24.3 Å². The van der Waals surface area contributed by atoms with Gasteiger partial charge in [0.25, 0.3) is 0 Å². The minimum atomic E-state index is -3.53. The van der Waals surface area contributed by atoms with Crippen LogP contribution >= 0.6 is 0 Å². The van der Waals surface area contributed by atoms with Gasteiger partial charge < -0.3 is 9.47 Å². The summed E-state index contributed by atoms with van der Waals surface area (Å²) < 4.78 is 37.3. The topological polar surface area (TPSA) is 90.0 Å². The maximum absolute atomic E-state index is 12.6. The zero-order valence-electron chi connectivity index (χ0n) is 18.6. The summed E-state index contributed by atoms with van der Waals surface area (Å²) in [5.74, 6) is 0.0145. The standard InChI is InChI=1S/C23H33NO6S/c1-16(2)20-11-6-17(3)14-21(20)30-22(25)15-29-23(26)18-7-9-19(10-8-18)31(27,28)24-12-4-5-13-24/h7-10,16-17,20-21H,4-6,11-15H2,1-3H3/t17-,20-,21+/m1/s1. The molecule has 7 nitrogen and oxygen atoms in total. The lowest BCUT2D eigenvalue weighted by Crippen LogP contribution is -2.36. The van der Waals surface area contributed by atoms with Gasteiger partial charge >= 0.3 is 11.9 Å². The van der Waals surface area contributed by atoms with Crippen LogP contribution in [0.2, 0.25) is 0 Å². The molecule has 1 aliphatic carbocycles. The summed E-state index contributed by atoms with van der Waals surface area (Å²) in [5.41, 5.74) is 0.194. The molecule has 0 radical (unpaired) electrons. The van der Waals surface area contributed by atoms with Crippen molar-refractivity contribution in [1.82, 2.24) is 4.31 Å². The quantitative estimate of drug-likeness (QED) is 0.588. The molecule has 1 aromatic rings. The lowest BCUT2D eigenvalue weighted by molar-refractivity contribution is -0.159. The predicted molar refractivity (Wildman–Crippen MR) is 116 cm³/mol. The van der Waals surface area contributed by atoms with Crippen molar-refractivity contribution in [1.29, 1.82) is 0 Å². The summed E-state index contributed by atoms with van der Waals surface area (Å²) in [6.45, 7) is 7.01. The van der Waals surface area contributed by atoms with Crippen molar-refractivity contribution < 1.29 is 27.5 Å². The second kappa shape index (κ2) is 10.1. The highest BCUT2D eigenvalue weighted by Crippen LogP contribution is 2.35. The molecule has 3 rings (SSSR count). The molecule has 2 aliphatic rings. The first-order valence-electron chi connectivity index (χ1n) is 11.1. The third-order valence-corrected chi connectivity index (χ3v) is 8.27. The summed E-state index contributed by atoms with van der Waals surface area (Å²) >= 11 is 0. The van der Waals surface area contributed by atoms with E-state index in [0.29, 0.717) is 30.8 Å². The molecule has 0 spiro atoms. The maximum Gasteiger partial charge on any atom is 0.344 e. The Balaban J connectivity index is 1.53. The van der Waals surface area contributed by atoms with Crippen LogP contribution in [0.15, 0.2) is 29.2 Å². The monoisotopic (exact) mass is 451 g/mol. The Morgan fingerprint density at radius 2 is 1.74 bits per heavy atom. The van der Waals surface area contributed by atoms with Gasteiger partial charge in [0.2, 0.25) is 10.0 Å². The number of carbonyl (C=O) groups is 2. The molecule has 0 bridgehead atoms. The third-order valence-electron chi connectivity index (χ3n) is 6.36. The van der Waals surface area contributed by atoms with Crippen LogP contribution in [0.4, 0.5) is 0 Å². The van der Waals surface area contributed by atoms with Gasteiger partial charge in [-0.15, -0.1) is 0 Å². The molecule has 0 amide bonds. The molecule has 0 unspecified atom stereocenters. The smallest absolute Gasteiger partial charge is 0.344 e. The van der Waals surface area contributed by atoms with E-state index in [9.17, 15) is 18.0 Å². The minimum absolute atomic E-state index is 0.148. The molecular formula is C23H33NO6S. The van der Waals surface area contributed by atoms with Gasteiger partial charge in [0.1, 0.15) is 6.10 Å². The van der Waals surface area contributed by atoms with E-state index in [-0.39, 0.29) is 16.6 Å². The molecule has 0 N–H and O–H groups in total. The maximum atomic E-state index is 12.6. The number of rotatable bonds is 7. The van der Waals surface area contributed by atoms with Crippen molar-refractivity contribution in [3.8, 4) is 0 Å². The molecule has 172 valence electrons. The van der Waals surface area contributed by atoms with Gasteiger partial charge in [-0.05, 0) is 67.7 Å². The summed E-state index contributed by atoms with van der Waals surface area (Å²) in [5, 5.41) is 0. The molecule has 1 saturated heterocycles. The Kier molecular flexibility index (Phi) is 7.75. The van der Waals surface area contributed by atoms with Crippen molar-refractivity contribution in [3.05, 3.63) is 29.8 Å². The number of carbonyl (C=O) groups excluding carboxylic acids is 2. The van der Waals surface area contributed by atoms with E-state index < -0.39 is 28.6 Å². The largest absolute Gasteiger partial charge is 0.460 e. The summed E-state index contributed by atoms with van der Waals surface area (Å²) in [6, 6.07) is 5.63. The Bertz CT molecular complexity index is 874. The summed E-state index contributed by atoms with van der Waals surface area (Å²) in [4.78, 5) is 24.7. The molecule has 1 saturated carbocycles. The SMILES string of the molecule is CC(C)[C@H]1CC[C@@H](C)C[C@@H]1OC(=O)COC(=O)c1ccc(S(=O)(=O)N2CCCC2)cc1. The van der Waals surface area contributed by atoms with Crippen LogP contribution < -0.4 is 0 Å². The minimum Gasteiger partial charge on any atom is -0.460 e. The number of hydrogen-bond acceptors (Lipinski definition) is 6. The van der Waals surface area contributed by atoms with E-state index in [2.05, 4.69) is 20.8 Å². The van der Waals surface area contributed by atoms with Gasteiger partial charge in [-0.2, -0.15) is 4.31 Å². The Labute approximate surface area is 185 Å². The zero-order valence-corrected chi connectivity index (χ0v) is 19.4. The number of ether oxygens (including phenoxy) is 2. The molecular weight excluding hydrogens is 418 g/mol. The highest BCUT2D eigenvalue weighted by Gasteiger charge is 2.33. The van der Waals surface area contributed by atoms with E-state index in [1.54, 1.807) is 0 Å². The molecule has 31 heavy (non-hydrogen) atoms. The Morgan fingerprint density at radius 1 is 1.10 bits per heavy atom. The van der Waals surface area contributed by atoms with Crippen molar-refractivity contribution >= 4 is 22.0 Å². The van der Waals surface area contributed by atoms with Crippen molar-refractivity contribution in [2.75, 3.05) is 19.7 Å². The Hall–Kier alpha value is -1.93. The number of sulfonamides is 1. The van der Waals surface area contributed by atoms with Crippen molar-refractivity contribution in [2.24, 2.45) is 17.8 Å². The molecule has 2 fully saturated rings. The number of hydrogen-bond donors (Lipinski definition) is 0. The fourth-order valence-electron chi connectivity index (χ4n) is 4.50. The molecule has 0 aromatic heterocycles. The van der Waals surface area contributed by atoms with E-state index >= 15 is 0 Å². The number of benzene rings is 1. The van der Waals surface area contributed by atoms with Crippen LogP contribution in [0.25, 0.3) is 0 Å². The first-order chi connectivity index (χ1) is 14.7. The molecule has 1 aliphatic heterocycles. The van der Waals surface area contributed by atoms with Gasteiger partial charge in [0.05, 0.1) is 10.5 Å². The second-order valence-corrected chi connectivity index (χ2v) is 11.0. The highest BCUT2D eigenvalue weighted by molar-refractivity contribution is 7.89. The molecule has 1 heterocycles. The highest BCUT2D eigenvalue weighted by atomic mass is 32.2. The third kappa shape index (κ3) is 5.86. The van der Waals surface area contributed by atoms with Gasteiger partial charge in [-0.25, -0.2) is 18.0 Å². The van der Waals surface area contributed by atoms with E-state index in [1.807, 2.05) is 0 Å². The molecule has 8 heteroatoms. The number of nitrogens with zero attached hydrogens (tertiary/aromatic N) is 1. The number of esters is 2. The zero-order chi connectivity index (χ0) is 22.6. The van der Waals surface area contributed by atoms with Crippen LogP contribution in [0.5, 0.6) is 0 Å². The van der Waals surface area contributed by atoms with Crippen molar-refractivity contribution in [3.63, 3.8) is 0 Å². The fourth-order valence-corrected chi connectivity index (χ4v) is 6.02.